The van der Waals surface area contributed by atoms with Crippen molar-refractivity contribution in [1.29, 1.82) is 0 Å². The molecule has 1 N–H and O–H groups in total. The molecule has 1 aliphatic heterocycles. The molecule has 164 valence electrons. The number of sulfonamides is 1. The zero-order chi connectivity index (χ0) is 21.9. The molecule has 1 aliphatic rings. The molecule has 0 fully saturated rings. The van der Waals surface area contributed by atoms with Gasteiger partial charge in [0.1, 0.15) is 11.2 Å². The lowest BCUT2D eigenvalue weighted by Crippen LogP contribution is -2.38. The number of halogens is 3. The van der Waals surface area contributed by atoms with Gasteiger partial charge in [-0.15, -0.1) is 20.4 Å². The van der Waals surface area contributed by atoms with Crippen LogP contribution in [0.15, 0.2) is 27.9 Å². The number of aromatic nitrogens is 2. The molecular weight excluding hydrogens is 441 g/mol. The van der Waals surface area contributed by atoms with Crippen molar-refractivity contribution in [1.82, 2.24) is 10.2 Å². The Labute approximate surface area is 176 Å². The highest BCUT2D eigenvalue weighted by Crippen LogP contribution is 2.40. The minimum atomic E-state index is -4.86. The van der Waals surface area contributed by atoms with Crippen molar-refractivity contribution in [2.45, 2.75) is 45.3 Å². The van der Waals surface area contributed by atoms with Crippen LogP contribution in [0.1, 0.15) is 32.3 Å². The fourth-order valence-corrected chi connectivity index (χ4v) is 4.69. The van der Waals surface area contributed by atoms with Crippen LogP contribution < -0.4 is 9.62 Å². The molecule has 2 aromatic rings. The first-order valence-corrected chi connectivity index (χ1v) is 11.8. The van der Waals surface area contributed by atoms with Gasteiger partial charge in [0, 0.05) is 18.3 Å². The lowest BCUT2D eigenvalue weighted by Gasteiger charge is -2.37. The number of azo groups is 1. The third-order valence-corrected chi connectivity index (χ3v) is 6.36. The van der Waals surface area contributed by atoms with E-state index in [0.717, 1.165) is 48.4 Å². The summed E-state index contributed by atoms with van der Waals surface area (Å²) in [4.78, 5) is 2.13. The van der Waals surface area contributed by atoms with E-state index < -0.39 is 22.0 Å². The second kappa shape index (κ2) is 8.84. The molecule has 1 aromatic carbocycles. The summed E-state index contributed by atoms with van der Waals surface area (Å²) < 4.78 is 64.3. The Morgan fingerprint density at radius 3 is 2.73 bits per heavy atom. The van der Waals surface area contributed by atoms with E-state index in [1.165, 1.54) is 5.51 Å². The largest absolute Gasteiger partial charge is 0.404 e. The SMILES string of the molecule is CCCN1c2cc(NS(=O)(=O)CC(F)(F)F)c(N=Nc3nncs3)cc2CCC1C. The minimum absolute atomic E-state index is 0.0542. The predicted octanol–water partition coefficient (Wildman–Crippen LogP) is 4.81. The number of rotatable bonds is 7. The zero-order valence-corrected chi connectivity index (χ0v) is 18.0. The van der Waals surface area contributed by atoms with Gasteiger partial charge in [-0.2, -0.15) is 13.2 Å². The maximum absolute atomic E-state index is 12.7. The van der Waals surface area contributed by atoms with Crippen LogP contribution >= 0.6 is 11.3 Å². The first-order chi connectivity index (χ1) is 14.1. The molecule has 1 atom stereocenters. The van der Waals surface area contributed by atoms with Gasteiger partial charge >= 0.3 is 6.18 Å². The second-order valence-corrected chi connectivity index (χ2v) is 9.51. The van der Waals surface area contributed by atoms with E-state index >= 15 is 0 Å². The Kier molecular flexibility index (Phi) is 6.60. The molecule has 2 heterocycles. The predicted molar refractivity (Wildman–Crippen MR) is 109 cm³/mol. The van der Waals surface area contributed by atoms with Gasteiger partial charge in [-0.3, -0.25) is 4.72 Å². The lowest BCUT2D eigenvalue weighted by atomic mass is 9.95. The van der Waals surface area contributed by atoms with Crippen LogP contribution in [-0.2, 0) is 16.4 Å². The van der Waals surface area contributed by atoms with Crippen molar-refractivity contribution in [3.63, 3.8) is 0 Å². The number of fused-ring (bicyclic) bond motifs is 1. The molecule has 30 heavy (non-hydrogen) atoms. The number of nitrogens with zero attached hydrogens (tertiary/aromatic N) is 5. The molecule has 13 heteroatoms. The zero-order valence-electron chi connectivity index (χ0n) is 16.3. The summed E-state index contributed by atoms with van der Waals surface area (Å²) in [7, 11) is -4.68. The molecule has 1 unspecified atom stereocenters. The smallest absolute Gasteiger partial charge is 0.369 e. The Hall–Kier alpha value is -2.28. The van der Waals surface area contributed by atoms with Gasteiger partial charge in [-0.05, 0) is 43.9 Å². The highest BCUT2D eigenvalue weighted by Gasteiger charge is 2.36. The quantitative estimate of drug-likeness (QED) is 0.596. The van der Waals surface area contributed by atoms with Crippen molar-refractivity contribution >= 4 is 43.6 Å². The third-order valence-electron chi connectivity index (χ3n) is 4.55. The number of hydrogen-bond acceptors (Lipinski definition) is 8. The summed E-state index contributed by atoms with van der Waals surface area (Å²) in [6.45, 7) is 4.84. The number of anilines is 2. The third kappa shape index (κ3) is 5.65. The molecule has 1 aromatic heterocycles. The normalized spacial score (nSPS) is 17.4. The molecular formula is C17H21F3N6O2S2. The Balaban J connectivity index is 2.04. The maximum Gasteiger partial charge on any atom is 0.404 e. The average molecular weight is 463 g/mol. The summed E-state index contributed by atoms with van der Waals surface area (Å²) in [6, 6.07) is 3.44. The summed E-state index contributed by atoms with van der Waals surface area (Å²) in [5.74, 6) is -1.99. The number of benzene rings is 1. The monoisotopic (exact) mass is 462 g/mol. The molecule has 0 aliphatic carbocycles. The van der Waals surface area contributed by atoms with E-state index in [9.17, 15) is 21.6 Å². The van der Waals surface area contributed by atoms with Crippen LogP contribution in [-0.4, -0.2) is 43.1 Å². The van der Waals surface area contributed by atoms with Gasteiger partial charge in [-0.1, -0.05) is 18.3 Å². The Morgan fingerprint density at radius 2 is 2.10 bits per heavy atom. The van der Waals surface area contributed by atoms with Crippen molar-refractivity contribution in [2.24, 2.45) is 10.2 Å². The number of nitrogens with one attached hydrogen (secondary N) is 1. The van der Waals surface area contributed by atoms with Gasteiger partial charge in [0.15, 0.2) is 5.75 Å². The van der Waals surface area contributed by atoms with Crippen LogP contribution in [0.3, 0.4) is 0 Å². The molecule has 3 rings (SSSR count). The highest BCUT2D eigenvalue weighted by atomic mass is 32.2. The van der Waals surface area contributed by atoms with Gasteiger partial charge < -0.3 is 4.90 Å². The topological polar surface area (TPSA) is 99.9 Å². The molecule has 0 radical (unpaired) electrons. The summed E-state index contributed by atoms with van der Waals surface area (Å²) in [6.07, 6.45) is -2.35. The fourth-order valence-electron chi connectivity index (χ4n) is 3.32. The molecule has 0 saturated carbocycles. The van der Waals surface area contributed by atoms with E-state index in [1.807, 2.05) is 11.6 Å². The van der Waals surface area contributed by atoms with Gasteiger partial charge in [-0.25, -0.2) is 8.42 Å². The first kappa shape index (κ1) is 22.4. The molecule has 0 bridgehead atoms. The van der Waals surface area contributed by atoms with Crippen molar-refractivity contribution in [3.05, 3.63) is 23.2 Å². The summed E-state index contributed by atoms with van der Waals surface area (Å²) >= 11 is 1.13. The van der Waals surface area contributed by atoms with Gasteiger partial charge in [0.25, 0.3) is 5.13 Å². The van der Waals surface area contributed by atoms with Gasteiger partial charge in [0.2, 0.25) is 10.0 Å². The van der Waals surface area contributed by atoms with Crippen molar-refractivity contribution < 1.29 is 21.6 Å². The second-order valence-electron chi connectivity index (χ2n) is 6.98. The Morgan fingerprint density at radius 1 is 1.33 bits per heavy atom. The van der Waals surface area contributed by atoms with Crippen LogP contribution in [0.25, 0.3) is 0 Å². The number of alkyl halides is 3. The average Bonchev–Trinajstić information content (AvgIpc) is 3.14. The Bertz CT molecular complexity index is 1010. The minimum Gasteiger partial charge on any atom is -0.369 e. The standard InChI is InChI=1S/C17H21F3N6O2S2/c1-3-6-26-11(2)4-5-12-7-13(22-24-16-23-21-10-29-16)14(8-15(12)26)25-30(27,28)9-17(18,19)20/h7-8,10-11,25H,3-6,9H2,1-2H3. The van der Waals surface area contributed by atoms with E-state index in [0.29, 0.717) is 0 Å². The summed E-state index contributed by atoms with van der Waals surface area (Å²) in [5.41, 5.74) is 3.25. The van der Waals surface area contributed by atoms with E-state index in [1.54, 1.807) is 12.1 Å². The molecule has 0 spiro atoms. The van der Waals surface area contributed by atoms with Crippen molar-refractivity contribution in [2.75, 3.05) is 21.9 Å². The first-order valence-electron chi connectivity index (χ1n) is 9.26. The van der Waals surface area contributed by atoms with E-state index in [2.05, 4.69) is 32.2 Å². The lowest BCUT2D eigenvalue weighted by molar-refractivity contribution is -0.106. The molecule has 0 amide bonds. The number of aryl methyl sites for hydroxylation is 1. The van der Waals surface area contributed by atoms with E-state index in [-0.39, 0.29) is 22.5 Å². The van der Waals surface area contributed by atoms with Gasteiger partial charge in [0.05, 0.1) is 5.69 Å². The summed E-state index contributed by atoms with van der Waals surface area (Å²) in [5, 5.41) is 15.6. The van der Waals surface area contributed by atoms with Crippen LogP contribution in [0.5, 0.6) is 0 Å². The fraction of sp³-hybridized carbons (Fsp3) is 0.529. The molecule has 0 saturated heterocycles. The van der Waals surface area contributed by atoms with Crippen LogP contribution in [0.2, 0.25) is 0 Å². The maximum atomic E-state index is 12.7. The highest BCUT2D eigenvalue weighted by molar-refractivity contribution is 7.92. The van der Waals surface area contributed by atoms with E-state index in [4.69, 9.17) is 0 Å². The molecule has 8 nitrogen and oxygen atoms in total. The van der Waals surface area contributed by atoms with Crippen LogP contribution in [0.4, 0.5) is 35.4 Å². The van der Waals surface area contributed by atoms with Crippen molar-refractivity contribution in [3.8, 4) is 0 Å². The number of hydrogen-bond donors (Lipinski definition) is 1. The van der Waals surface area contributed by atoms with Crippen LogP contribution in [0, 0.1) is 0 Å².